The number of imide groups is 1. The van der Waals surface area contributed by atoms with Crippen LogP contribution in [0.15, 0.2) is 60.7 Å². The van der Waals surface area contributed by atoms with Crippen LogP contribution in [0.25, 0.3) is 0 Å². The molecule has 2 aromatic carbocycles. The van der Waals surface area contributed by atoms with Crippen LogP contribution in [0, 0.1) is 0 Å². The van der Waals surface area contributed by atoms with Gasteiger partial charge in [-0.2, -0.15) is 0 Å². The first-order chi connectivity index (χ1) is 11.6. The Kier molecular flexibility index (Phi) is 4.04. The molecule has 1 fully saturated rings. The number of amides is 4. The molecule has 0 radical (unpaired) electrons. The topological polar surface area (TPSA) is 78.5 Å². The van der Waals surface area contributed by atoms with E-state index in [-0.39, 0.29) is 6.54 Å². The number of likely N-dealkylation sites (N-methyl/N-ethyl adjacent to an activating group) is 1. The number of benzene rings is 2. The summed E-state index contributed by atoms with van der Waals surface area (Å²) in [7, 11) is 1.45. The van der Waals surface area contributed by atoms with Crippen molar-refractivity contribution in [3.8, 4) is 0 Å². The highest BCUT2D eigenvalue weighted by molar-refractivity contribution is 6.20. The maximum atomic E-state index is 12.7. The van der Waals surface area contributed by atoms with Gasteiger partial charge in [-0.15, -0.1) is 0 Å². The van der Waals surface area contributed by atoms with Gasteiger partial charge in [-0.3, -0.25) is 19.8 Å². The average molecular weight is 323 g/mol. The molecule has 1 heterocycles. The van der Waals surface area contributed by atoms with E-state index in [1.807, 2.05) is 30.3 Å². The molecule has 122 valence electrons. The molecule has 1 saturated heterocycles. The number of hydrogen-bond donors (Lipinski definition) is 2. The molecule has 0 aliphatic carbocycles. The van der Waals surface area contributed by atoms with Crippen molar-refractivity contribution in [1.82, 2.24) is 15.5 Å². The molecule has 1 unspecified atom stereocenters. The highest BCUT2D eigenvalue weighted by atomic mass is 16.2. The summed E-state index contributed by atoms with van der Waals surface area (Å²) in [6.07, 6.45) is 0. The van der Waals surface area contributed by atoms with E-state index in [0.29, 0.717) is 5.56 Å². The summed E-state index contributed by atoms with van der Waals surface area (Å²) in [4.78, 5) is 39.1. The first kappa shape index (κ1) is 15.7. The summed E-state index contributed by atoms with van der Waals surface area (Å²) >= 11 is 0. The lowest BCUT2D eigenvalue weighted by atomic mass is 9.87. The van der Waals surface area contributed by atoms with Crippen LogP contribution in [-0.4, -0.2) is 29.8 Å². The standard InChI is InChI=1S/C18H17N3O3/c1-19-15(22)18(14-10-6-3-7-11-14)16(23)20-17(24)21(18)12-13-8-4-2-5-9-13/h2-11H,12H2,1H3,(H,19,22)(H,20,23,24). The fraction of sp³-hybridized carbons (Fsp3) is 0.167. The van der Waals surface area contributed by atoms with Crippen molar-refractivity contribution < 1.29 is 14.4 Å². The Bertz CT molecular complexity index is 777. The van der Waals surface area contributed by atoms with Crippen molar-refractivity contribution in [2.45, 2.75) is 12.1 Å². The molecule has 6 heteroatoms. The van der Waals surface area contributed by atoms with Crippen molar-refractivity contribution >= 4 is 17.8 Å². The van der Waals surface area contributed by atoms with Crippen LogP contribution in [0.2, 0.25) is 0 Å². The number of carbonyl (C=O) groups is 3. The minimum absolute atomic E-state index is 0.140. The average Bonchev–Trinajstić information content (AvgIpc) is 2.87. The van der Waals surface area contributed by atoms with Gasteiger partial charge in [0.05, 0.1) is 0 Å². The zero-order valence-corrected chi connectivity index (χ0v) is 13.2. The van der Waals surface area contributed by atoms with Crippen molar-refractivity contribution in [3.63, 3.8) is 0 Å². The summed E-state index contributed by atoms with van der Waals surface area (Å²) in [5.41, 5.74) is -0.446. The van der Waals surface area contributed by atoms with Crippen molar-refractivity contribution in [3.05, 3.63) is 71.8 Å². The number of carbonyl (C=O) groups excluding carboxylic acids is 3. The molecule has 4 amide bonds. The maximum absolute atomic E-state index is 12.7. The Morgan fingerprint density at radius 2 is 1.62 bits per heavy atom. The minimum Gasteiger partial charge on any atom is -0.356 e. The monoisotopic (exact) mass is 323 g/mol. The number of rotatable bonds is 4. The van der Waals surface area contributed by atoms with Gasteiger partial charge in [0.2, 0.25) is 5.54 Å². The molecule has 0 spiro atoms. The van der Waals surface area contributed by atoms with E-state index in [4.69, 9.17) is 0 Å². The van der Waals surface area contributed by atoms with Crippen LogP contribution in [0.1, 0.15) is 11.1 Å². The SMILES string of the molecule is CNC(=O)C1(c2ccccc2)C(=O)NC(=O)N1Cc1ccccc1. The molecule has 1 aliphatic rings. The van der Waals surface area contributed by atoms with Gasteiger partial charge >= 0.3 is 6.03 Å². The van der Waals surface area contributed by atoms with E-state index in [2.05, 4.69) is 10.6 Å². The van der Waals surface area contributed by atoms with E-state index in [1.165, 1.54) is 11.9 Å². The highest BCUT2D eigenvalue weighted by Crippen LogP contribution is 2.35. The van der Waals surface area contributed by atoms with Gasteiger partial charge in [0.25, 0.3) is 11.8 Å². The molecule has 2 N–H and O–H groups in total. The van der Waals surface area contributed by atoms with E-state index in [9.17, 15) is 14.4 Å². The van der Waals surface area contributed by atoms with Gasteiger partial charge in [-0.05, 0) is 11.1 Å². The number of nitrogens with zero attached hydrogens (tertiary/aromatic N) is 1. The van der Waals surface area contributed by atoms with Crippen LogP contribution in [0.3, 0.4) is 0 Å². The zero-order chi connectivity index (χ0) is 17.2. The Balaban J connectivity index is 2.14. The molecule has 24 heavy (non-hydrogen) atoms. The highest BCUT2D eigenvalue weighted by Gasteiger charge is 2.59. The van der Waals surface area contributed by atoms with Gasteiger partial charge in [0.1, 0.15) is 0 Å². The molecule has 0 bridgehead atoms. The normalized spacial score (nSPS) is 20.0. The number of hydrogen-bond acceptors (Lipinski definition) is 3. The summed E-state index contributed by atoms with van der Waals surface area (Å²) in [5, 5.41) is 4.80. The van der Waals surface area contributed by atoms with Crippen LogP contribution in [0.5, 0.6) is 0 Å². The molecule has 6 nitrogen and oxygen atoms in total. The van der Waals surface area contributed by atoms with E-state index < -0.39 is 23.4 Å². The van der Waals surface area contributed by atoms with Gasteiger partial charge < -0.3 is 5.32 Å². The lowest BCUT2D eigenvalue weighted by molar-refractivity contribution is -0.141. The Hall–Kier alpha value is -3.15. The third kappa shape index (κ3) is 2.32. The Morgan fingerprint density at radius 1 is 1.04 bits per heavy atom. The van der Waals surface area contributed by atoms with Crippen LogP contribution in [0.4, 0.5) is 4.79 Å². The summed E-state index contributed by atoms with van der Waals surface area (Å²) < 4.78 is 0. The van der Waals surface area contributed by atoms with Gasteiger partial charge in [-0.25, -0.2) is 4.79 Å². The first-order valence-corrected chi connectivity index (χ1v) is 7.55. The minimum atomic E-state index is -1.72. The summed E-state index contributed by atoms with van der Waals surface area (Å²) in [6.45, 7) is 0.140. The molecule has 1 aliphatic heterocycles. The van der Waals surface area contributed by atoms with Crippen LogP contribution in [-0.2, 0) is 21.7 Å². The number of nitrogens with one attached hydrogen (secondary N) is 2. The second kappa shape index (κ2) is 6.16. The van der Waals surface area contributed by atoms with Gasteiger partial charge in [0.15, 0.2) is 0 Å². The Labute approximate surface area is 139 Å². The molecule has 0 aromatic heterocycles. The fourth-order valence-electron chi connectivity index (χ4n) is 2.99. The van der Waals surface area contributed by atoms with Crippen molar-refractivity contribution in [2.24, 2.45) is 0 Å². The van der Waals surface area contributed by atoms with Crippen LogP contribution < -0.4 is 10.6 Å². The molecular weight excluding hydrogens is 306 g/mol. The van der Waals surface area contributed by atoms with E-state index >= 15 is 0 Å². The van der Waals surface area contributed by atoms with Crippen LogP contribution >= 0.6 is 0 Å². The zero-order valence-electron chi connectivity index (χ0n) is 13.2. The second-order valence-corrected chi connectivity index (χ2v) is 5.49. The quantitative estimate of drug-likeness (QED) is 0.659. The largest absolute Gasteiger partial charge is 0.356 e. The van der Waals surface area contributed by atoms with Crippen molar-refractivity contribution in [2.75, 3.05) is 7.05 Å². The molecule has 2 aromatic rings. The Morgan fingerprint density at radius 3 is 2.21 bits per heavy atom. The fourth-order valence-corrected chi connectivity index (χ4v) is 2.99. The first-order valence-electron chi connectivity index (χ1n) is 7.55. The third-order valence-corrected chi connectivity index (χ3v) is 4.13. The molecule has 1 atom stereocenters. The second-order valence-electron chi connectivity index (χ2n) is 5.49. The lowest BCUT2D eigenvalue weighted by Crippen LogP contribution is -2.56. The molecule has 0 saturated carbocycles. The number of urea groups is 1. The van der Waals surface area contributed by atoms with Gasteiger partial charge in [0, 0.05) is 13.6 Å². The van der Waals surface area contributed by atoms with E-state index in [0.717, 1.165) is 5.56 Å². The summed E-state index contributed by atoms with van der Waals surface area (Å²) in [5.74, 6) is -1.19. The van der Waals surface area contributed by atoms with Crippen molar-refractivity contribution in [1.29, 1.82) is 0 Å². The third-order valence-electron chi connectivity index (χ3n) is 4.13. The predicted molar refractivity (Wildman–Crippen MR) is 87.7 cm³/mol. The maximum Gasteiger partial charge on any atom is 0.326 e. The summed E-state index contributed by atoms with van der Waals surface area (Å²) in [6, 6.07) is 17.2. The van der Waals surface area contributed by atoms with E-state index in [1.54, 1.807) is 30.3 Å². The lowest BCUT2D eigenvalue weighted by Gasteiger charge is -2.34. The molecule has 3 rings (SSSR count). The van der Waals surface area contributed by atoms with Gasteiger partial charge in [-0.1, -0.05) is 60.7 Å². The smallest absolute Gasteiger partial charge is 0.326 e. The molecular formula is C18H17N3O3. The predicted octanol–water partition coefficient (Wildman–Crippen LogP) is 1.38.